The van der Waals surface area contributed by atoms with Crippen LogP contribution in [0.2, 0.25) is 10.0 Å². The molecule has 0 atom stereocenters. The number of fused-ring (bicyclic) bond motifs is 1. The van der Waals surface area contributed by atoms with Gasteiger partial charge in [-0.25, -0.2) is 9.78 Å². The highest BCUT2D eigenvalue weighted by Gasteiger charge is 2.17. The lowest BCUT2D eigenvalue weighted by atomic mass is 10.2. The summed E-state index contributed by atoms with van der Waals surface area (Å²) in [4.78, 5) is 31.0. The lowest BCUT2D eigenvalue weighted by molar-refractivity contribution is 0.0733. The van der Waals surface area contributed by atoms with Crippen molar-refractivity contribution in [1.29, 1.82) is 0 Å². The molecule has 0 radical (unpaired) electrons. The number of benzene rings is 4. The summed E-state index contributed by atoms with van der Waals surface area (Å²) >= 11 is 18.9. The van der Waals surface area contributed by atoms with E-state index < -0.39 is 5.97 Å². The summed E-state index contributed by atoms with van der Waals surface area (Å²) in [5.41, 5.74) is 1.60. The molecule has 5 aromatic rings. The van der Waals surface area contributed by atoms with Crippen LogP contribution in [0.5, 0.6) is 5.75 Å². The van der Waals surface area contributed by atoms with Crippen LogP contribution in [0.15, 0.2) is 104 Å². The Morgan fingerprint density at radius 3 is 2.29 bits per heavy atom. The number of nitrogens with zero attached hydrogens (tertiary/aromatic N) is 3. The third kappa shape index (κ3) is 5.59. The SMILES string of the molecule is O=C(Oc1c(Br)cc(Br)cc1C=Nn1c(-c2ccc(Cl)cc2)nc2ccccc2c1=O)c1ccc(Cl)cc1. The van der Waals surface area contributed by atoms with E-state index in [2.05, 4.69) is 37.0 Å². The van der Waals surface area contributed by atoms with Crippen LogP contribution in [0.1, 0.15) is 15.9 Å². The number of rotatable bonds is 5. The fraction of sp³-hybridized carbons (Fsp3) is 0. The van der Waals surface area contributed by atoms with Crippen molar-refractivity contribution >= 4 is 78.1 Å². The van der Waals surface area contributed by atoms with Gasteiger partial charge in [0.15, 0.2) is 11.6 Å². The predicted octanol–water partition coefficient (Wildman–Crippen LogP) is 8.00. The maximum atomic E-state index is 13.5. The molecule has 1 heterocycles. The molecular weight excluding hydrogens is 657 g/mol. The molecule has 0 fully saturated rings. The van der Waals surface area contributed by atoms with Crippen LogP contribution in [-0.4, -0.2) is 21.8 Å². The van der Waals surface area contributed by atoms with E-state index >= 15 is 0 Å². The molecule has 0 aliphatic carbocycles. The number of hydrogen-bond donors (Lipinski definition) is 0. The van der Waals surface area contributed by atoms with Crippen molar-refractivity contribution in [3.8, 4) is 17.1 Å². The van der Waals surface area contributed by atoms with Gasteiger partial charge in [-0.05, 0) is 88.7 Å². The molecule has 188 valence electrons. The van der Waals surface area contributed by atoms with E-state index in [0.717, 1.165) is 0 Å². The van der Waals surface area contributed by atoms with Crippen LogP contribution < -0.4 is 10.3 Å². The van der Waals surface area contributed by atoms with E-state index in [9.17, 15) is 9.59 Å². The van der Waals surface area contributed by atoms with E-state index in [1.54, 1.807) is 78.9 Å². The molecule has 4 aromatic carbocycles. The van der Waals surface area contributed by atoms with Crippen LogP contribution in [0.3, 0.4) is 0 Å². The fourth-order valence-electron chi connectivity index (χ4n) is 3.66. The largest absolute Gasteiger partial charge is 0.421 e. The minimum atomic E-state index is -0.578. The second-order valence-corrected chi connectivity index (χ2v) is 10.7. The zero-order valence-electron chi connectivity index (χ0n) is 19.2. The summed E-state index contributed by atoms with van der Waals surface area (Å²) in [6.45, 7) is 0. The molecule has 0 spiro atoms. The van der Waals surface area contributed by atoms with Crippen LogP contribution in [0.4, 0.5) is 0 Å². The van der Waals surface area contributed by atoms with Gasteiger partial charge in [0.1, 0.15) is 0 Å². The Hall–Kier alpha value is -3.30. The van der Waals surface area contributed by atoms with Crippen LogP contribution >= 0.6 is 55.1 Å². The van der Waals surface area contributed by atoms with Crippen LogP contribution in [-0.2, 0) is 0 Å². The third-order valence-corrected chi connectivity index (χ3v) is 7.03. The molecule has 10 heteroatoms. The van der Waals surface area contributed by atoms with Crippen molar-refractivity contribution in [3.05, 3.63) is 125 Å². The second kappa shape index (κ2) is 11.2. The number of carbonyl (C=O) groups is 1. The topological polar surface area (TPSA) is 73.5 Å². The van der Waals surface area contributed by atoms with Gasteiger partial charge in [0, 0.05) is 25.6 Å². The van der Waals surface area contributed by atoms with Gasteiger partial charge in [0.05, 0.1) is 27.2 Å². The maximum absolute atomic E-state index is 13.5. The monoisotopic (exact) mass is 669 g/mol. The summed E-state index contributed by atoms with van der Waals surface area (Å²) in [7, 11) is 0. The Balaban J connectivity index is 1.62. The van der Waals surface area contributed by atoms with E-state index in [4.69, 9.17) is 32.9 Å². The first kappa shape index (κ1) is 26.3. The lowest BCUT2D eigenvalue weighted by Crippen LogP contribution is -2.20. The Bertz CT molecular complexity index is 1770. The fourth-order valence-corrected chi connectivity index (χ4v) is 5.25. The molecule has 5 rings (SSSR count). The summed E-state index contributed by atoms with van der Waals surface area (Å²) in [6, 6.07) is 23.8. The van der Waals surface area contributed by atoms with Crippen LogP contribution in [0.25, 0.3) is 22.3 Å². The molecular formula is C28H15Br2Cl2N3O3. The van der Waals surface area contributed by atoms with Crippen molar-refractivity contribution in [2.75, 3.05) is 0 Å². The van der Waals surface area contributed by atoms with Gasteiger partial charge in [-0.15, -0.1) is 0 Å². The summed E-state index contributed by atoms with van der Waals surface area (Å²) in [5.74, 6) is -0.0205. The zero-order chi connectivity index (χ0) is 26.8. The van der Waals surface area contributed by atoms with E-state index in [0.29, 0.717) is 52.4 Å². The molecule has 0 saturated carbocycles. The van der Waals surface area contributed by atoms with Gasteiger partial charge in [-0.2, -0.15) is 9.78 Å². The van der Waals surface area contributed by atoms with Gasteiger partial charge in [-0.3, -0.25) is 4.79 Å². The minimum Gasteiger partial charge on any atom is -0.421 e. The highest BCUT2D eigenvalue weighted by atomic mass is 79.9. The maximum Gasteiger partial charge on any atom is 0.343 e. The normalized spacial score (nSPS) is 11.3. The first-order chi connectivity index (χ1) is 18.3. The molecule has 0 N–H and O–H groups in total. The summed E-state index contributed by atoms with van der Waals surface area (Å²) < 4.78 is 8.15. The van der Waals surface area contributed by atoms with Gasteiger partial charge >= 0.3 is 5.97 Å². The Labute approximate surface area is 243 Å². The number of esters is 1. The average molecular weight is 672 g/mol. The predicted molar refractivity (Wildman–Crippen MR) is 158 cm³/mol. The van der Waals surface area contributed by atoms with Crippen molar-refractivity contribution in [2.45, 2.75) is 0 Å². The summed E-state index contributed by atoms with van der Waals surface area (Å²) in [5, 5.41) is 5.96. The molecule has 38 heavy (non-hydrogen) atoms. The lowest BCUT2D eigenvalue weighted by Gasteiger charge is -2.12. The van der Waals surface area contributed by atoms with E-state index in [-0.39, 0.29) is 11.3 Å². The first-order valence-electron chi connectivity index (χ1n) is 11.1. The quantitative estimate of drug-likeness (QED) is 0.108. The Morgan fingerprint density at radius 1 is 0.921 bits per heavy atom. The molecule has 0 bridgehead atoms. The van der Waals surface area contributed by atoms with Crippen molar-refractivity contribution in [3.63, 3.8) is 0 Å². The van der Waals surface area contributed by atoms with Gasteiger partial charge < -0.3 is 4.74 Å². The summed E-state index contributed by atoms with van der Waals surface area (Å²) in [6.07, 6.45) is 1.44. The highest BCUT2D eigenvalue weighted by molar-refractivity contribution is 9.11. The smallest absolute Gasteiger partial charge is 0.343 e. The van der Waals surface area contributed by atoms with Gasteiger partial charge in [0.25, 0.3) is 5.56 Å². The number of carbonyl (C=O) groups excluding carboxylic acids is 1. The van der Waals surface area contributed by atoms with Crippen molar-refractivity contribution in [2.24, 2.45) is 5.10 Å². The Kier molecular flexibility index (Phi) is 7.76. The number of ether oxygens (including phenoxy) is 1. The zero-order valence-corrected chi connectivity index (χ0v) is 23.9. The van der Waals surface area contributed by atoms with Crippen LogP contribution in [0, 0.1) is 0 Å². The standard InChI is InChI=1S/C28H15Br2Cl2N3O3/c29-19-13-18(25(23(30)14-19)38-28(37)17-7-11-21(32)12-8-17)15-33-35-26(16-5-9-20(31)10-6-16)34-24-4-2-1-3-22(24)27(35)36/h1-15H. The van der Waals surface area contributed by atoms with E-state index in [1.165, 1.54) is 10.9 Å². The number of para-hydroxylation sites is 1. The molecule has 0 unspecified atom stereocenters. The average Bonchev–Trinajstić information content (AvgIpc) is 2.90. The van der Waals surface area contributed by atoms with E-state index in [1.807, 2.05) is 6.07 Å². The highest BCUT2D eigenvalue weighted by Crippen LogP contribution is 2.33. The van der Waals surface area contributed by atoms with Gasteiger partial charge in [-0.1, -0.05) is 51.3 Å². The van der Waals surface area contributed by atoms with Crippen molar-refractivity contribution < 1.29 is 9.53 Å². The minimum absolute atomic E-state index is 0.228. The molecule has 0 saturated heterocycles. The Morgan fingerprint density at radius 2 is 1.58 bits per heavy atom. The molecule has 0 amide bonds. The number of hydrogen-bond acceptors (Lipinski definition) is 5. The number of aromatic nitrogens is 2. The number of halogens is 4. The molecule has 0 aliphatic rings. The van der Waals surface area contributed by atoms with Crippen molar-refractivity contribution in [1.82, 2.24) is 9.66 Å². The molecule has 0 aliphatic heterocycles. The molecule has 6 nitrogen and oxygen atoms in total. The second-order valence-electron chi connectivity index (χ2n) is 8.02. The third-order valence-electron chi connectivity index (χ3n) is 5.48. The first-order valence-corrected chi connectivity index (χ1v) is 13.4. The van der Waals surface area contributed by atoms with Gasteiger partial charge in [0.2, 0.25) is 0 Å². The molecule has 1 aromatic heterocycles.